The summed E-state index contributed by atoms with van der Waals surface area (Å²) < 4.78 is 11.6. The minimum Gasteiger partial charge on any atom is -0.436 e. The Morgan fingerprint density at radius 3 is 2.27 bits per heavy atom. The van der Waals surface area contributed by atoms with Crippen LogP contribution in [0.5, 0.6) is 0 Å². The fourth-order valence-corrected chi connectivity index (χ4v) is 11.5. The molecule has 62 heavy (non-hydrogen) atoms. The number of benzene rings is 8. The van der Waals surface area contributed by atoms with Gasteiger partial charge in [-0.2, -0.15) is 0 Å². The number of thiophene rings is 1. The Balaban J connectivity index is 1.09. The van der Waals surface area contributed by atoms with Crippen molar-refractivity contribution in [3.05, 3.63) is 168 Å². The van der Waals surface area contributed by atoms with Crippen molar-refractivity contribution in [2.24, 2.45) is 0 Å². The maximum absolute atomic E-state index is 6.54. The van der Waals surface area contributed by atoms with Crippen molar-refractivity contribution in [3.63, 3.8) is 0 Å². The van der Waals surface area contributed by atoms with Crippen molar-refractivity contribution in [2.45, 2.75) is 45.4 Å². The van der Waals surface area contributed by atoms with Crippen LogP contribution in [0.4, 0.5) is 11.4 Å². The first kappa shape index (κ1) is 35.8. The number of hydrogen-bond donors (Lipinski definition) is 1. The lowest BCUT2D eigenvalue weighted by Crippen LogP contribution is -2.37. The number of rotatable bonds is 4. The summed E-state index contributed by atoms with van der Waals surface area (Å²) in [6, 6.07) is 55.8. The smallest absolute Gasteiger partial charge is 0.227 e. The Hall–Kier alpha value is -6.89. The highest BCUT2D eigenvalue weighted by molar-refractivity contribution is 7.25. The molecule has 0 amide bonds. The van der Waals surface area contributed by atoms with E-state index in [1.807, 2.05) is 29.5 Å². The van der Waals surface area contributed by atoms with Crippen molar-refractivity contribution in [2.75, 3.05) is 5.32 Å². The van der Waals surface area contributed by atoms with Gasteiger partial charge in [0.05, 0.1) is 5.52 Å². The molecular weight excluding hydrogens is 774 g/mol. The third kappa shape index (κ3) is 5.10. The molecule has 2 aliphatic rings. The Bertz CT molecular complexity index is 3700. The minimum absolute atomic E-state index is 0.0681. The van der Waals surface area contributed by atoms with Gasteiger partial charge in [-0.1, -0.05) is 125 Å². The van der Waals surface area contributed by atoms with Crippen molar-refractivity contribution >= 4 is 94.0 Å². The number of aromatic nitrogens is 2. The normalized spacial score (nSPS) is 13.8. The number of nitrogens with zero attached hydrogens (tertiary/aromatic N) is 2. The van der Waals surface area contributed by atoms with Crippen LogP contribution < -0.4 is 16.2 Å². The van der Waals surface area contributed by atoms with Gasteiger partial charge in [0.25, 0.3) is 0 Å². The van der Waals surface area contributed by atoms with Gasteiger partial charge in [0.2, 0.25) is 5.89 Å². The molecule has 1 aliphatic heterocycles. The summed E-state index contributed by atoms with van der Waals surface area (Å²) in [5.74, 6) is 0.628. The second kappa shape index (κ2) is 12.6. The summed E-state index contributed by atoms with van der Waals surface area (Å²) in [4.78, 5) is 5.04. The Labute approximate surface area is 364 Å². The van der Waals surface area contributed by atoms with E-state index in [9.17, 15) is 0 Å². The van der Waals surface area contributed by atoms with E-state index in [0.29, 0.717) is 5.89 Å². The Morgan fingerprint density at radius 2 is 1.44 bits per heavy atom. The fourth-order valence-electron chi connectivity index (χ4n) is 10.4. The molecule has 8 aromatic carbocycles. The van der Waals surface area contributed by atoms with E-state index < -0.39 is 0 Å². The van der Waals surface area contributed by atoms with Crippen LogP contribution in [0.25, 0.3) is 92.5 Å². The second-order valence-corrected chi connectivity index (χ2v) is 19.8. The molecule has 11 aromatic rings. The van der Waals surface area contributed by atoms with E-state index in [4.69, 9.17) is 9.40 Å². The summed E-state index contributed by atoms with van der Waals surface area (Å²) >= 11 is 1.87. The predicted molar refractivity (Wildman–Crippen MR) is 263 cm³/mol. The zero-order valence-corrected chi connectivity index (χ0v) is 36.0. The fraction of sp³-hybridized carbons (Fsp3) is 0.125. The monoisotopic (exact) mass is 814 g/mol. The number of oxazole rings is 1. The summed E-state index contributed by atoms with van der Waals surface area (Å²) in [7, 11) is 2.40. The van der Waals surface area contributed by atoms with E-state index in [0.717, 1.165) is 39.2 Å². The third-order valence-corrected chi connectivity index (χ3v) is 14.7. The van der Waals surface area contributed by atoms with Gasteiger partial charge in [-0.25, -0.2) is 4.98 Å². The maximum atomic E-state index is 6.54. The zero-order chi connectivity index (χ0) is 41.6. The third-order valence-electron chi connectivity index (χ3n) is 13.6. The highest BCUT2D eigenvalue weighted by Gasteiger charge is 2.37. The summed E-state index contributed by atoms with van der Waals surface area (Å²) in [6.07, 6.45) is 0. The number of fused-ring (bicyclic) bond motifs is 12. The molecule has 0 unspecified atom stereocenters. The highest BCUT2D eigenvalue weighted by Crippen LogP contribution is 2.52. The molecule has 0 bridgehead atoms. The van der Waals surface area contributed by atoms with Crippen LogP contribution in [0, 0.1) is 0 Å². The van der Waals surface area contributed by atoms with Gasteiger partial charge in [0, 0.05) is 76.1 Å². The molecule has 0 atom stereocenters. The van der Waals surface area contributed by atoms with Crippen LogP contribution in [0.3, 0.4) is 0 Å². The summed E-state index contributed by atoms with van der Waals surface area (Å²) in [5, 5.41) is 9.04. The van der Waals surface area contributed by atoms with E-state index in [-0.39, 0.29) is 10.8 Å². The molecular formula is C56H41BN3OS. The minimum atomic E-state index is -0.148. The van der Waals surface area contributed by atoms with Crippen molar-refractivity contribution in [3.8, 4) is 39.4 Å². The lowest BCUT2D eigenvalue weighted by Gasteiger charge is -2.26. The van der Waals surface area contributed by atoms with Crippen molar-refractivity contribution < 1.29 is 4.42 Å². The van der Waals surface area contributed by atoms with Crippen molar-refractivity contribution in [1.82, 2.24) is 9.55 Å². The lowest BCUT2D eigenvalue weighted by atomic mass is 9.59. The van der Waals surface area contributed by atoms with E-state index >= 15 is 0 Å². The molecule has 6 heteroatoms. The van der Waals surface area contributed by atoms with Gasteiger partial charge in [-0.15, -0.1) is 11.3 Å². The number of nitrogens with one attached hydrogen (secondary N) is 1. The first-order chi connectivity index (χ1) is 30.1. The Morgan fingerprint density at radius 1 is 0.645 bits per heavy atom. The standard InChI is InChI=1S/C56H41BN3OS/c1-55(2,3)32-19-21-33(22-20-32)58-45-27-43-38(34-15-9-11-17-42(34)56(43,4)5)25-39(45)36-23-24-37-40-26-41-35-16-10-12-18-50(35)62-51(41)30-47(40)60-48-29-49-46(28-44(48)57-52(36)53(37)60)59-54(61-49)31-13-7-6-8-14-31/h6-30,58H,1-5H3. The molecule has 1 aliphatic carbocycles. The average Bonchev–Trinajstić information content (AvgIpc) is 4.01. The Kier molecular flexibility index (Phi) is 7.28. The summed E-state index contributed by atoms with van der Waals surface area (Å²) in [6.45, 7) is 11.5. The van der Waals surface area contributed by atoms with Crippen LogP contribution >= 0.6 is 11.3 Å². The molecule has 0 spiro atoms. The van der Waals surface area contributed by atoms with Gasteiger partial charge in [-0.05, 0) is 105 Å². The quantitative estimate of drug-likeness (QED) is 0.180. The van der Waals surface area contributed by atoms with Crippen LogP contribution in [-0.4, -0.2) is 16.8 Å². The lowest BCUT2D eigenvalue weighted by molar-refractivity contribution is 0.590. The van der Waals surface area contributed by atoms with Gasteiger partial charge in [-0.3, -0.25) is 0 Å². The molecule has 1 radical (unpaired) electrons. The average molecular weight is 815 g/mol. The van der Waals surface area contributed by atoms with E-state index in [2.05, 4.69) is 185 Å². The first-order valence-electron chi connectivity index (χ1n) is 21.5. The molecule has 3 aromatic heterocycles. The van der Waals surface area contributed by atoms with Crippen LogP contribution in [0.15, 0.2) is 156 Å². The predicted octanol–water partition coefficient (Wildman–Crippen LogP) is 13.9. The maximum Gasteiger partial charge on any atom is 0.227 e. The molecule has 0 fully saturated rings. The molecule has 1 N–H and O–H groups in total. The zero-order valence-electron chi connectivity index (χ0n) is 35.2. The van der Waals surface area contributed by atoms with Gasteiger partial charge in [0.1, 0.15) is 5.52 Å². The first-order valence-corrected chi connectivity index (χ1v) is 22.3. The van der Waals surface area contributed by atoms with Gasteiger partial charge in [0.15, 0.2) is 12.9 Å². The van der Waals surface area contributed by atoms with E-state index in [1.165, 1.54) is 86.4 Å². The molecule has 4 nitrogen and oxygen atoms in total. The van der Waals surface area contributed by atoms with Gasteiger partial charge >= 0.3 is 0 Å². The molecule has 0 saturated heterocycles. The molecule has 13 rings (SSSR count). The number of hydrogen-bond acceptors (Lipinski definition) is 4. The molecule has 295 valence electrons. The largest absolute Gasteiger partial charge is 0.436 e. The van der Waals surface area contributed by atoms with Crippen LogP contribution in [0.1, 0.15) is 51.3 Å². The van der Waals surface area contributed by atoms with E-state index in [1.54, 1.807) is 0 Å². The van der Waals surface area contributed by atoms with Gasteiger partial charge < -0.3 is 14.3 Å². The summed E-state index contributed by atoms with van der Waals surface area (Å²) in [5.41, 5.74) is 19.4. The highest BCUT2D eigenvalue weighted by atomic mass is 32.1. The molecule has 0 saturated carbocycles. The number of anilines is 2. The molecule has 4 heterocycles. The van der Waals surface area contributed by atoms with Crippen molar-refractivity contribution in [1.29, 1.82) is 0 Å². The SMILES string of the molecule is CC(C)(C)c1ccc(Nc2cc3c(cc2-c2ccc4c5cc6c(cc5n5c4c2[B]c2cc4nc(-c7ccccc7)oc4cc2-5)sc2ccccc26)-c2ccccc2C3(C)C)cc1. The van der Waals surface area contributed by atoms with Crippen LogP contribution in [-0.2, 0) is 10.8 Å². The second-order valence-electron chi connectivity index (χ2n) is 18.7. The topological polar surface area (TPSA) is 43.0 Å². The van der Waals surface area contributed by atoms with Crippen LogP contribution in [0.2, 0.25) is 0 Å².